The molecule has 2 N–H and O–H groups in total. The van der Waals surface area contributed by atoms with Crippen molar-refractivity contribution >= 4 is 46.5 Å². The maximum Gasteiger partial charge on any atom is 0.331 e. The number of halogens is 2. The summed E-state index contributed by atoms with van der Waals surface area (Å²) in [5.74, 6) is -1.25. The van der Waals surface area contributed by atoms with Crippen LogP contribution in [-0.4, -0.2) is 62.5 Å². The van der Waals surface area contributed by atoms with Gasteiger partial charge in [-0.3, -0.25) is 10.5 Å². The summed E-state index contributed by atoms with van der Waals surface area (Å²) >= 11 is 14.2. The van der Waals surface area contributed by atoms with E-state index in [0.717, 1.165) is 58.7 Å². The van der Waals surface area contributed by atoms with Gasteiger partial charge >= 0.3 is 5.97 Å². The van der Waals surface area contributed by atoms with E-state index in [1.807, 2.05) is 36.4 Å². The first-order chi connectivity index (χ1) is 24.0. The Morgan fingerprint density at radius 3 is 2.46 bits per heavy atom. The molecule has 0 spiro atoms. The van der Waals surface area contributed by atoms with Gasteiger partial charge in [-0.25, -0.2) is 4.79 Å². The number of aromatic carboxylic acids is 1. The Morgan fingerprint density at radius 1 is 1.08 bits per heavy atom. The number of pyridine rings is 1. The van der Waals surface area contributed by atoms with Gasteiger partial charge in [-0.15, -0.1) is 11.3 Å². The zero-order valence-electron chi connectivity index (χ0n) is 28.0. The van der Waals surface area contributed by atoms with Gasteiger partial charge in [0.1, 0.15) is 21.7 Å². The zero-order chi connectivity index (χ0) is 35.6. The van der Waals surface area contributed by atoms with E-state index in [-0.39, 0.29) is 40.0 Å². The van der Waals surface area contributed by atoms with E-state index in [2.05, 4.69) is 17.3 Å². The number of carbonyl (C=O) groups is 2. The predicted octanol–water partition coefficient (Wildman–Crippen LogP) is 4.90. The molecular weight excluding hydrogens is 701 g/mol. The summed E-state index contributed by atoms with van der Waals surface area (Å²) in [5.41, 5.74) is 2.61. The van der Waals surface area contributed by atoms with Crippen LogP contribution >= 0.6 is 34.5 Å². The molecule has 0 radical (unpaired) electrons. The van der Waals surface area contributed by atoms with Crippen LogP contribution in [0.1, 0.15) is 67.5 Å². The molecule has 50 heavy (non-hydrogen) atoms. The molecule has 2 aromatic heterocycles. The van der Waals surface area contributed by atoms with Crippen LogP contribution in [0.2, 0.25) is 10.0 Å². The maximum absolute atomic E-state index is 14.1. The van der Waals surface area contributed by atoms with Crippen molar-refractivity contribution in [3.8, 4) is 11.5 Å². The molecule has 2 atom stereocenters. The number of piperidine rings is 1. The number of esters is 1. The van der Waals surface area contributed by atoms with Gasteiger partial charge in [0.25, 0.3) is 0 Å². The monoisotopic (exact) mass is 739 g/mol. The minimum absolute atomic E-state index is 0.0387. The molecule has 0 bridgehead atoms. The number of nitrogens with zero attached hydrogens (tertiary/aromatic N) is 2. The van der Waals surface area contributed by atoms with Crippen LogP contribution < -0.4 is 24.6 Å². The van der Waals surface area contributed by atoms with E-state index >= 15 is 0 Å². The lowest BCUT2D eigenvalue weighted by atomic mass is 9.85. The Hall–Kier alpha value is -3.87. The zero-order valence-corrected chi connectivity index (χ0v) is 30.4. The molecule has 1 aliphatic carbocycles. The summed E-state index contributed by atoms with van der Waals surface area (Å²) in [6.45, 7) is 1.93. The van der Waals surface area contributed by atoms with Gasteiger partial charge < -0.3 is 29.0 Å². The highest BCUT2D eigenvalue weighted by molar-refractivity contribution is 7.14. The van der Waals surface area contributed by atoms with E-state index in [4.69, 9.17) is 37.4 Å². The van der Waals surface area contributed by atoms with E-state index in [9.17, 15) is 19.9 Å². The second kappa shape index (κ2) is 15.2. The van der Waals surface area contributed by atoms with Crippen molar-refractivity contribution in [2.45, 2.75) is 56.2 Å². The number of rotatable bonds is 12. The van der Waals surface area contributed by atoms with Crippen LogP contribution in [0.15, 0.2) is 60.9 Å². The summed E-state index contributed by atoms with van der Waals surface area (Å²) in [6, 6.07) is 15.1. The smallest absolute Gasteiger partial charge is 0.331 e. The SMILES string of the molecule is COc1ccc([C@H](Cc2c(Cl)c[n+](O)cc2Cl)c2cc(CNC3(C(=O)OC4CCN(C)CC4)CCc4ccccc43)sc2C(=O)[O-])cc1OC. The molecule has 1 fully saturated rings. The summed E-state index contributed by atoms with van der Waals surface area (Å²) < 4.78 is 18.0. The number of aromatic nitrogens is 1. The number of hydrogen-bond acceptors (Lipinski definition) is 10. The summed E-state index contributed by atoms with van der Waals surface area (Å²) in [4.78, 5) is 29.8. The first kappa shape index (κ1) is 35.9. The highest BCUT2D eigenvalue weighted by atomic mass is 35.5. The third kappa shape index (κ3) is 7.29. The number of carboxylic acids is 1. The molecule has 2 aliphatic rings. The van der Waals surface area contributed by atoms with Crippen molar-refractivity contribution in [3.05, 3.63) is 109 Å². The lowest BCUT2D eigenvalue weighted by Crippen LogP contribution is -2.50. The number of likely N-dealkylation sites (tertiary alicyclic amines) is 1. The van der Waals surface area contributed by atoms with E-state index in [0.29, 0.717) is 40.3 Å². The second-order valence-electron chi connectivity index (χ2n) is 12.8. The van der Waals surface area contributed by atoms with E-state index < -0.39 is 17.4 Å². The summed E-state index contributed by atoms with van der Waals surface area (Å²) in [6.07, 6.45) is 5.44. The molecule has 2 aromatic carbocycles. The third-order valence-electron chi connectivity index (χ3n) is 9.76. The first-order valence-electron chi connectivity index (χ1n) is 16.4. The molecule has 3 heterocycles. The average molecular weight is 741 g/mol. The first-order valence-corrected chi connectivity index (χ1v) is 18.0. The Labute approximate surface area is 305 Å². The van der Waals surface area contributed by atoms with Crippen LogP contribution in [0, 0.1) is 0 Å². The van der Waals surface area contributed by atoms with Gasteiger partial charge in [0, 0.05) is 40.7 Å². The summed E-state index contributed by atoms with van der Waals surface area (Å²) in [7, 11) is 5.12. The van der Waals surface area contributed by atoms with Gasteiger partial charge in [-0.2, -0.15) is 0 Å². The molecule has 0 saturated carbocycles. The van der Waals surface area contributed by atoms with Crippen molar-refractivity contribution in [2.75, 3.05) is 34.4 Å². The number of hydrogen-bond donors (Lipinski definition) is 2. The van der Waals surface area contributed by atoms with E-state index in [1.165, 1.54) is 26.6 Å². The van der Waals surface area contributed by atoms with Gasteiger partial charge in [0.05, 0.1) is 25.1 Å². The molecule has 4 aromatic rings. The molecule has 1 saturated heterocycles. The molecule has 264 valence electrons. The van der Waals surface area contributed by atoms with Crippen LogP contribution in [0.4, 0.5) is 0 Å². The van der Waals surface area contributed by atoms with Crippen molar-refractivity contribution < 1.29 is 38.8 Å². The Morgan fingerprint density at radius 2 is 1.78 bits per heavy atom. The molecule has 1 aliphatic heterocycles. The fourth-order valence-electron chi connectivity index (χ4n) is 7.05. The van der Waals surface area contributed by atoms with Gasteiger partial charge in [0.15, 0.2) is 11.5 Å². The number of aryl methyl sites for hydroxylation is 1. The van der Waals surface area contributed by atoms with Crippen molar-refractivity contribution in [1.29, 1.82) is 0 Å². The molecule has 6 rings (SSSR count). The standard InChI is InChI=1S/C37H39Cl2N3O7S/c1-41-14-11-24(12-15-41)49-36(45)37(13-10-22-6-4-5-7-29(22)37)40-19-25-17-27(34(50-25)35(43)44)26(18-28-30(38)20-42(46)21-31(28)39)23-8-9-32(47-2)33(16-23)48-3/h4-9,16-17,20-21,24,26,40H,10-15,18-19H2,1-3H3,(H-,43,44,46)/t26-,37?/m0/s1. The van der Waals surface area contributed by atoms with Crippen molar-refractivity contribution in [1.82, 2.24) is 10.2 Å². The normalized spacial score (nSPS) is 18.4. The predicted molar refractivity (Wildman–Crippen MR) is 187 cm³/mol. The highest BCUT2D eigenvalue weighted by Gasteiger charge is 2.47. The Kier molecular flexibility index (Phi) is 10.9. The molecule has 1 unspecified atom stereocenters. The Balaban J connectivity index is 1.37. The third-order valence-corrected chi connectivity index (χ3v) is 11.5. The maximum atomic E-state index is 14.1. The minimum Gasteiger partial charge on any atom is -0.544 e. The molecular formula is C37H39Cl2N3O7S. The van der Waals surface area contributed by atoms with Crippen molar-refractivity contribution in [3.63, 3.8) is 0 Å². The number of thiophene rings is 1. The number of carbonyl (C=O) groups excluding carboxylic acids is 2. The topological polar surface area (TPSA) is 124 Å². The lowest BCUT2D eigenvalue weighted by molar-refractivity contribution is -0.904. The number of fused-ring (bicyclic) bond motifs is 1. The van der Waals surface area contributed by atoms with Crippen LogP contribution in [0.5, 0.6) is 11.5 Å². The lowest BCUT2D eigenvalue weighted by Gasteiger charge is -2.34. The fraction of sp³-hybridized carbons (Fsp3) is 0.378. The molecule has 10 nitrogen and oxygen atoms in total. The van der Waals surface area contributed by atoms with E-state index in [1.54, 1.807) is 12.1 Å². The van der Waals surface area contributed by atoms with Crippen LogP contribution in [0.3, 0.4) is 0 Å². The number of methoxy groups -OCH3 is 2. The van der Waals surface area contributed by atoms with Crippen molar-refractivity contribution in [2.24, 2.45) is 0 Å². The average Bonchev–Trinajstić information content (AvgIpc) is 3.70. The van der Waals surface area contributed by atoms with Crippen LogP contribution in [0.25, 0.3) is 0 Å². The summed E-state index contributed by atoms with van der Waals surface area (Å²) in [5, 5.41) is 26.7. The number of nitrogens with one attached hydrogen (secondary N) is 1. The fourth-order valence-corrected chi connectivity index (χ4v) is 8.65. The van der Waals surface area contributed by atoms with Gasteiger partial charge in [0.2, 0.25) is 12.4 Å². The second-order valence-corrected chi connectivity index (χ2v) is 14.7. The van der Waals surface area contributed by atoms with Crippen LogP contribution in [-0.2, 0) is 34.5 Å². The Bertz CT molecular complexity index is 1870. The number of ether oxygens (including phenoxy) is 3. The molecule has 13 heteroatoms. The highest BCUT2D eigenvalue weighted by Crippen LogP contribution is 2.42. The minimum atomic E-state index is -1.33. The largest absolute Gasteiger partial charge is 0.544 e. The van der Waals surface area contributed by atoms with Gasteiger partial charge in [-0.05, 0) is 79.6 Å². The quantitative estimate of drug-likeness (QED) is 0.119. The number of benzene rings is 2. The van der Waals surface area contributed by atoms with Gasteiger partial charge in [-0.1, -0.05) is 53.5 Å². The number of carboxylic acid groups (broad SMARTS) is 1. The molecule has 0 amide bonds.